The zero-order valence-electron chi connectivity index (χ0n) is 9.99. The Kier molecular flexibility index (Phi) is 4.84. The molecular formula is C9H12F3N5O2. The number of aromatic nitrogens is 2. The first-order valence-electron chi connectivity index (χ1n) is 5.39. The average Bonchev–Trinajstić information content (AvgIpc) is 2.32. The van der Waals surface area contributed by atoms with Crippen molar-refractivity contribution < 1.29 is 18.1 Å². The Hall–Kier alpha value is -2.13. The Morgan fingerprint density at radius 2 is 1.89 bits per heavy atom. The zero-order chi connectivity index (χ0) is 14.5. The van der Waals surface area contributed by atoms with Crippen LogP contribution in [0.15, 0.2) is 6.33 Å². The van der Waals surface area contributed by atoms with Crippen molar-refractivity contribution in [1.82, 2.24) is 9.97 Å². The summed E-state index contributed by atoms with van der Waals surface area (Å²) in [6.07, 6.45) is -2.84. The largest absolute Gasteiger partial charge is 0.405 e. The molecule has 106 valence electrons. The number of nitrogens with one attached hydrogen (secondary N) is 2. The van der Waals surface area contributed by atoms with Crippen LogP contribution in [0.25, 0.3) is 0 Å². The Labute approximate surface area is 106 Å². The highest BCUT2D eigenvalue weighted by atomic mass is 19.4. The smallest absolute Gasteiger partial charge is 0.364 e. The second-order valence-electron chi connectivity index (χ2n) is 3.57. The van der Waals surface area contributed by atoms with E-state index in [1.54, 1.807) is 0 Å². The van der Waals surface area contributed by atoms with Gasteiger partial charge >= 0.3 is 11.9 Å². The fraction of sp³-hybridized carbons (Fsp3) is 0.556. The van der Waals surface area contributed by atoms with Crippen molar-refractivity contribution in [2.45, 2.75) is 19.5 Å². The Bertz CT molecular complexity index is 452. The molecule has 1 heterocycles. The van der Waals surface area contributed by atoms with Crippen molar-refractivity contribution >= 4 is 17.3 Å². The third-order valence-corrected chi connectivity index (χ3v) is 2.00. The summed E-state index contributed by atoms with van der Waals surface area (Å²) in [5, 5.41) is 15.5. The van der Waals surface area contributed by atoms with E-state index in [2.05, 4.69) is 15.3 Å². The number of anilines is 2. The molecule has 0 radical (unpaired) electrons. The Morgan fingerprint density at radius 3 is 2.37 bits per heavy atom. The highest BCUT2D eigenvalue weighted by Crippen LogP contribution is 2.29. The zero-order valence-corrected chi connectivity index (χ0v) is 9.99. The molecule has 0 atom stereocenters. The van der Waals surface area contributed by atoms with Gasteiger partial charge in [0.15, 0.2) is 0 Å². The summed E-state index contributed by atoms with van der Waals surface area (Å²) >= 11 is 0. The van der Waals surface area contributed by atoms with Crippen LogP contribution in [0.4, 0.5) is 30.5 Å². The van der Waals surface area contributed by atoms with Crippen LogP contribution in [0, 0.1) is 10.1 Å². The topological polar surface area (TPSA) is 93.0 Å². The minimum Gasteiger partial charge on any atom is -0.364 e. The minimum absolute atomic E-state index is 0.105. The van der Waals surface area contributed by atoms with Gasteiger partial charge < -0.3 is 10.6 Å². The molecule has 0 aliphatic rings. The lowest BCUT2D eigenvalue weighted by Crippen LogP contribution is -2.22. The summed E-state index contributed by atoms with van der Waals surface area (Å²) in [7, 11) is 0. The van der Waals surface area contributed by atoms with E-state index in [1.165, 1.54) is 0 Å². The van der Waals surface area contributed by atoms with Gasteiger partial charge in [-0.1, -0.05) is 6.92 Å². The van der Waals surface area contributed by atoms with Crippen LogP contribution in [0.3, 0.4) is 0 Å². The summed E-state index contributed by atoms with van der Waals surface area (Å²) in [6, 6.07) is 0. The van der Waals surface area contributed by atoms with Crippen LogP contribution < -0.4 is 10.6 Å². The molecule has 0 saturated carbocycles. The number of halogens is 3. The molecule has 0 bridgehead atoms. The van der Waals surface area contributed by atoms with Crippen LogP contribution >= 0.6 is 0 Å². The van der Waals surface area contributed by atoms with E-state index in [1.807, 2.05) is 12.2 Å². The molecule has 2 N–H and O–H groups in total. The van der Waals surface area contributed by atoms with E-state index in [0.717, 1.165) is 6.33 Å². The molecule has 10 heteroatoms. The highest BCUT2D eigenvalue weighted by Gasteiger charge is 2.30. The molecule has 0 saturated heterocycles. The fourth-order valence-electron chi connectivity index (χ4n) is 1.24. The van der Waals surface area contributed by atoms with Crippen molar-refractivity contribution in [2.24, 2.45) is 0 Å². The molecule has 0 spiro atoms. The lowest BCUT2D eigenvalue weighted by Gasteiger charge is -2.10. The van der Waals surface area contributed by atoms with Gasteiger partial charge in [0.05, 0.1) is 4.92 Å². The molecule has 7 nitrogen and oxygen atoms in total. The first-order chi connectivity index (χ1) is 8.85. The van der Waals surface area contributed by atoms with E-state index in [-0.39, 0.29) is 5.82 Å². The maximum atomic E-state index is 12.1. The van der Waals surface area contributed by atoms with Crippen molar-refractivity contribution in [3.05, 3.63) is 16.4 Å². The van der Waals surface area contributed by atoms with Crippen molar-refractivity contribution in [2.75, 3.05) is 23.7 Å². The number of nitro groups is 1. The predicted octanol–water partition coefficient (Wildman–Crippen LogP) is 2.18. The number of hydrogen-bond acceptors (Lipinski definition) is 6. The third kappa shape index (κ3) is 4.56. The van der Waals surface area contributed by atoms with Gasteiger partial charge in [-0.2, -0.15) is 13.2 Å². The monoisotopic (exact) mass is 279 g/mol. The molecular weight excluding hydrogens is 267 g/mol. The fourth-order valence-corrected chi connectivity index (χ4v) is 1.24. The first-order valence-corrected chi connectivity index (χ1v) is 5.39. The van der Waals surface area contributed by atoms with E-state index in [0.29, 0.717) is 13.0 Å². The molecule has 0 fully saturated rings. The van der Waals surface area contributed by atoms with Crippen LogP contribution in [0.1, 0.15) is 13.3 Å². The first kappa shape index (κ1) is 14.9. The quantitative estimate of drug-likeness (QED) is 0.612. The number of rotatable bonds is 6. The molecule has 19 heavy (non-hydrogen) atoms. The van der Waals surface area contributed by atoms with Gasteiger partial charge in [-0.05, 0) is 6.42 Å². The Morgan fingerprint density at radius 1 is 1.32 bits per heavy atom. The molecule has 1 aromatic heterocycles. The van der Waals surface area contributed by atoms with Gasteiger partial charge in [-0.15, -0.1) is 0 Å². The van der Waals surface area contributed by atoms with Gasteiger partial charge in [0.1, 0.15) is 12.9 Å². The Balaban J connectivity index is 2.99. The summed E-state index contributed by atoms with van der Waals surface area (Å²) < 4.78 is 36.3. The number of hydrogen-bond donors (Lipinski definition) is 2. The standard InChI is InChI=1S/C9H12F3N5O2/c1-2-3-13-7-6(17(18)19)8(16-5-15-7)14-4-9(10,11)12/h5H,2-4H2,1H3,(H2,13,14,15,16). The van der Waals surface area contributed by atoms with Gasteiger partial charge in [0.25, 0.3) is 0 Å². The SMILES string of the molecule is CCCNc1ncnc(NCC(F)(F)F)c1[N+](=O)[O-]. The highest BCUT2D eigenvalue weighted by molar-refractivity contribution is 5.69. The van der Waals surface area contributed by atoms with E-state index in [9.17, 15) is 23.3 Å². The van der Waals surface area contributed by atoms with Crippen LogP contribution in [-0.4, -0.2) is 34.2 Å². The van der Waals surface area contributed by atoms with Crippen molar-refractivity contribution in [1.29, 1.82) is 0 Å². The lowest BCUT2D eigenvalue weighted by molar-refractivity contribution is -0.383. The van der Waals surface area contributed by atoms with Crippen LogP contribution in [0.5, 0.6) is 0 Å². The number of nitrogens with zero attached hydrogens (tertiary/aromatic N) is 3. The summed E-state index contributed by atoms with van der Waals surface area (Å²) in [6.45, 7) is 0.845. The molecule has 1 aromatic rings. The van der Waals surface area contributed by atoms with Gasteiger partial charge in [-0.25, -0.2) is 9.97 Å². The molecule has 0 aliphatic heterocycles. The second-order valence-corrected chi connectivity index (χ2v) is 3.57. The van der Waals surface area contributed by atoms with E-state index in [4.69, 9.17) is 0 Å². The molecule has 0 aromatic carbocycles. The van der Waals surface area contributed by atoms with Crippen molar-refractivity contribution in [3.63, 3.8) is 0 Å². The summed E-state index contributed by atoms with van der Waals surface area (Å²) in [4.78, 5) is 17.2. The molecule has 1 rings (SSSR count). The van der Waals surface area contributed by atoms with E-state index >= 15 is 0 Å². The van der Waals surface area contributed by atoms with Gasteiger partial charge in [0.2, 0.25) is 11.6 Å². The normalized spacial score (nSPS) is 11.2. The summed E-state index contributed by atoms with van der Waals surface area (Å²) in [5.74, 6) is -0.567. The molecule has 0 unspecified atom stereocenters. The molecule has 0 aliphatic carbocycles. The summed E-state index contributed by atoms with van der Waals surface area (Å²) in [5.41, 5.74) is -0.597. The van der Waals surface area contributed by atoms with Crippen LogP contribution in [-0.2, 0) is 0 Å². The van der Waals surface area contributed by atoms with Crippen LogP contribution in [0.2, 0.25) is 0 Å². The third-order valence-electron chi connectivity index (χ3n) is 2.00. The average molecular weight is 279 g/mol. The maximum absolute atomic E-state index is 12.1. The van der Waals surface area contributed by atoms with Gasteiger partial charge in [0, 0.05) is 6.54 Å². The maximum Gasteiger partial charge on any atom is 0.405 e. The van der Waals surface area contributed by atoms with Crippen molar-refractivity contribution in [3.8, 4) is 0 Å². The second kappa shape index (κ2) is 6.16. The van der Waals surface area contributed by atoms with E-state index < -0.39 is 29.1 Å². The lowest BCUT2D eigenvalue weighted by atomic mass is 10.4. The minimum atomic E-state index is -4.49. The number of alkyl halides is 3. The van der Waals surface area contributed by atoms with Gasteiger partial charge in [-0.3, -0.25) is 10.1 Å². The molecule has 0 amide bonds. The predicted molar refractivity (Wildman–Crippen MR) is 62.0 cm³/mol.